The second-order valence-corrected chi connectivity index (χ2v) is 6.31. The first kappa shape index (κ1) is 18.3. The van der Waals surface area contributed by atoms with Crippen LogP contribution < -0.4 is 10.1 Å². The number of nitrogens with one attached hydrogen (secondary N) is 1. The topological polar surface area (TPSA) is 94.8 Å². The number of hydrogen-bond donors (Lipinski definition) is 1. The van der Waals surface area contributed by atoms with Gasteiger partial charge in [0.15, 0.2) is 0 Å². The van der Waals surface area contributed by atoms with Crippen LogP contribution in [0.3, 0.4) is 0 Å². The molecular formula is C21H18N6O2. The van der Waals surface area contributed by atoms with Gasteiger partial charge in [0, 0.05) is 18.0 Å². The van der Waals surface area contributed by atoms with Crippen LogP contribution in [0.2, 0.25) is 0 Å². The minimum atomic E-state index is -0.254. The highest BCUT2D eigenvalue weighted by Gasteiger charge is 2.10. The van der Waals surface area contributed by atoms with Crippen molar-refractivity contribution in [3.63, 3.8) is 0 Å². The number of rotatable bonds is 6. The fraction of sp³-hybridized carbons (Fsp3) is 0.0952. The molecule has 2 aromatic heterocycles. The van der Waals surface area contributed by atoms with Gasteiger partial charge in [-0.15, -0.1) is 5.10 Å². The van der Waals surface area contributed by atoms with E-state index in [0.29, 0.717) is 17.1 Å². The lowest BCUT2D eigenvalue weighted by Crippen LogP contribution is -2.12. The summed E-state index contributed by atoms with van der Waals surface area (Å²) in [4.78, 5) is 16.7. The molecule has 8 nitrogen and oxygen atoms in total. The quantitative estimate of drug-likeness (QED) is 0.545. The molecule has 29 heavy (non-hydrogen) atoms. The van der Waals surface area contributed by atoms with Gasteiger partial charge in [-0.3, -0.25) is 4.79 Å². The molecule has 0 aliphatic carbocycles. The molecule has 0 saturated carbocycles. The number of benzene rings is 2. The van der Waals surface area contributed by atoms with Crippen LogP contribution >= 0.6 is 0 Å². The van der Waals surface area contributed by atoms with E-state index in [2.05, 4.69) is 25.8 Å². The summed E-state index contributed by atoms with van der Waals surface area (Å²) in [5.41, 5.74) is 2.95. The molecule has 144 valence electrons. The summed E-state index contributed by atoms with van der Waals surface area (Å²) >= 11 is 0. The zero-order valence-corrected chi connectivity index (χ0v) is 15.6. The maximum atomic E-state index is 12.5. The highest BCUT2D eigenvalue weighted by molar-refractivity contribution is 6.04. The number of aromatic nitrogens is 5. The van der Waals surface area contributed by atoms with Crippen molar-refractivity contribution in [2.24, 2.45) is 0 Å². The Kier molecular flexibility index (Phi) is 5.24. The predicted molar refractivity (Wildman–Crippen MR) is 107 cm³/mol. The van der Waals surface area contributed by atoms with E-state index >= 15 is 0 Å². The van der Waals surface area contributed by atoms with E-state index in [0.717, 1.165) is 11.3 Å². The van der Waals surface area contributed by atoms with Crippen LogP contribution in [-0.4, -0.2) is 31.1 Å². The average Bonchev–Trinajstić information content (AvgIpc) is 3.30. The molecule has 1 N–H and O–H groups in total. The van der Waals surface area contributed by atoms with E-state index in [9.17, 15) is 4.79 Å². The molecule has 1 atom stereocenters. The predicted octanol–water partition coefficient (Wildman–Crippen LogP) is 3.45. The number of amides is 1. The largest absolute Gasteiger partial charge is 0.470 e. The van der Waals surface area contributed by atoms with E-state index in [1.807, 2.05) is 49.4 Å². The molecule has 0 bridgehead atoms. The molecule has 4 rings (SSSR count). The van der Waals surface area contributed by atoms with Gasteiger partial charge in [0.2, 0.25) is 5.88 Å². The van der Waals surface area contributed by atoms with Crippen molar-refractivity contribution in [2.45, 2.75) is 13.0 Å². The van der Waals surface area contributed by atoms with E-state index < -0.39 is 0 Å². The normalized spacial score (nSPS) is 11.6. The molecule has 2 heterocycles. The fourth-order valence-electron chi connectivity index (χ4n) is 2.74. The van der Waals surface area contributed by atoms with Gasteiger partial charge in [-0.1, -0.05) is 30.3 Å². The minimum Gasteiger partial charge on any atom is -0.470 e. The van der Waals surface area contributed by atoms with Crippen molar-refractivity contribution in [3.05, 3.63) is 90.4 Å². The molecule has 0 radical (unpaired) electrons. The van der Waals surface area contributed by atoms with Crippen LogP contribution in [0.4, 0.5) is 5.69 Å². The summed E-state index contributed by atoms with van der Waals surface area (Å²) in [6, 6.07) is 20.4. The Morgan fingerprint density at radius 1 is 1.03 bits per heavy atom. The molecule has 0 aliphatic heterocycles. The summed E-state index contributed by atoms with van der Waals surface area (Å²) in [5.74, 6) is 0.207. The maximum Gasteiger partial charge on any atom is 0.257 e. The molecule has 0 fully saturated rings. The van der Waals surface area contributed by atoms with Crippen LogP contribution in [0.15, 0.2) is 79.3 Å². The number of pyridine rings is 1. The number of anilines is 1. The number of ether oxygens (including phenoxy) is 1. The summed E-state index contributed by atoms with van der Waals surface area (Å²) in [6.45, 7) is 1.96. The second kappa shape index (κ2) is 8.30. The number of nitrogens with zero attached hydrogens (tertiary/aromatic N) is 5. The summed E-state index contributed by atoms with van der Waals surface area (Å²) in [6.07, 6.45) is 2.86. The lowest BCUT2D eigenvalue weighted by molar-refractivity contribution is 0.102. The standard InChI is InChI=1S/C21H18N6O2/c1-15(16-5-3-2-4-6-16)29-20-12-7-17(13-22-20)21(28)24-18-8-10-19(11-9-18)27-14-23-25-26-27/h2-15H,1H3,(H,24,28)/t15-/m1/s1. The van der Waals surface area contributed by atoms with Crippen molar-refractivity contribution in [1.82, 2.24) is 25.2 Å². The molecule has 1 amide bonds. The van der Waals surface area contributed by atoms with Gasteiger partial charge in [0.1, 0.15) is 12.4 Å². The lowest BCUT2D eigenvalue weighted by atomic mass is 10.1. The van der Waals surface area contributed by atoms with Crippen LogP contribution in [0.1, 0.15) is 28.9 Å². The van der Waals surface area contributed by atoms with E-state index in [4.69, 9.17) is 4.74 Å². The van der Waals surface area contributed by atoms with Crippen LogP contribution in [0.25, 0.3) is 5.69 Å². The van der Waals surface area contributed by atoms with Crippen LogP contribution in [0, 0.1) is 0 Å². The molecule has 0 aliphatic rings. The molecule has 8 heteroatoms. The van der Waals surface area contributed by atoms with Crippen LogP contribution in [-0.2, 0) is 0 Å². The van der Waals surface area contributed by atoms with E-state index in [1.54, 1.807) is 24.3 Å². The minimum absolute atomic E-state index is 0.137. The van der Waals surface area contributed by atoms with Gasteiger partial charge in [-0.2, -0.15) is 0 Å². The number of hydrogen-bond acceptors (Lipinski definition) is 6. The van der Waals surface area contributed by atoms with Gasteiger partial charge in [0.05, 0.1) is 11.3 Å². The van der Waals surface area contributed by atoms with Gasteiger partial charge in [-0.25, -0.2) is 9.67 Å². The molecule has 2 aromatic carbocycles. The fourth-order valence-corrected chi connectivity index (χ4v) is 2.74. The number of carbonyl (C=O) groups is 1. The number of carbonyl (C=O) groups excluding carboxylic acids is 1. The van der Waals surface area contributed by atoms with Gasteiger partial charge in [-0.05, 0) is 53.2 Å². The van der Waals surface area contributed by atoms with Crippen molar-refractivity contribution < 1.29 is 9.53 Å². The van der Waals surface area contributed by atoms with Crippen molar-refractivity contribution in [1.29, 1.82) is 0 Å². The Hall–Kier alpha value is -4.07. The van der Waals surface area contributed by atoms with E-state index in [1.165, 1.54) is 17.2 Å². The van der Waals surface area contributed by atoms with Gasteiger partial charge < -0.3 is 10.1 Å². The third kappa shape index (κ3) is 4.44. The Morgan fingerprint density at radius 2 is 1.83 bits per heavy atom. The Labute approximate surface area is 167 Å². The first-order chi connectivity index (χ1) is 14.2. The Bertz CT molecular complexity index is 1060. The summed E-state index contributed by atoms with van der Waals surface area (Å²) in [7, 11) is 0. The third-order valence-corrected chi connectivity index (χ3v) is 4.30. The van der Waals surface area contributed by atoms with Crippen molar-refractivity contribution >= 4 is 11.6 Å². The smallest absolute Gasteiger partial charge is 0.257 e. The van der Waals surface area contributed by atoms with E-state index in [-0.39, 0.29) is 12.0 Å². The maximum absolute atomic E-state index is 12.5. The highest BCUT2D eigenvalue weighted by atomic mass is 16.5. The van der Waals surface area contributed by atoms with Crippen molar-refractivity contribution in [3.8, 4) is 11.6 Å². The second-order valence-electron chi connectivity index (χ2n) is 6.31. The monoisotopic (exact) mass is 386 g/mol. The summed E-state index contributed by atoms with van der Waals surface area (Å²) < 4.78 is 7.37. The Morgan fingerprint density at radius 3 is 2.48 bits per heavy atom. The third-order valence-electron chi connectivity index (χ3n) is 4.30. The Balaban J connectivity index is 1.38. The first-order valence-electron chi connectivity index (χ1n) is 9.01. The first-order valence-corrected chi connectivity index (χ1v) is 9.01. The van der Waals surface area contributed by atoms with Crippen molar-refractivity contribution in [2.75, 3.05) is 5.32 Å². The SMILES string of the molecule is C[C@@H](Oc1ccc(C(=O)Nc2ccc(-n3cnnn3)cc2)cn1)c1ccccc1. The highest BCUT2D eigenvalue weighted by Crippen LogP contribution is 2.20. The number of tetrazole rings is 1. The molecule has 4 aromatic rings. The molecular weight excluding hydrogens is 368 g/mol. The van der Waals surface area contributed by atoms with Gasteiger partial charge >= 0.3 is 0 Å². The molecule has 0 saturated heterocycles. The van der Waals surface area contributed by atoms with Gasteiger partial charge in [0.25, 0.3) is 5.91 Å². The average molecular weight is 386 g/mol. The zero-order chi connectivity index (χ0) is 20.1. The zero-order valence-electron chi connectivity index (χ0n) is 15.6. The summed E-state index contributed by atoms with van der Waals surface area (Å²) in [5, 5.41) is 13.8. The van der Waals surface area contributed by atoms with Crippen LogP contribution in [0.5, 0.6) is 5.88 Å². The lowest BCUT2D eigenvalue weighted by Gasteiger charge is -2.14. The molecule has 0 unspecified atom stereocenters. The molecule has 0 spiro atoms.